The van der Waals surface area contributed by atoms with Crippen molar-refractivity contribution >= 4 is 35.9 Å². The molecule has 0 aliphatic carbocycles. The van der Waals surface area contributed by atoms with Crippen LogP contribution in [0.15, 0.2) is 35.6 Å². The molecule has 132 valence electrons. The number of aromatic nitrogens is 2. The highest BCUT2D eigenvalue weighted by Crippen LogP contribution is 2.09. The van der Waals surface area contributed by atoms with Crippen molar-refractivity contribution in [2.24, 2.45) is 10.7 Å². The van der Waals surface area contributed by atoms with Gasteiger partial charge in [-0.3, -0.25) is 9.89 Å². The van der Waals surface area contributed by atoms with Crippen LogP contribution in [0.2, 0.25) is 0 Å². The van der Waals surface area contributed by atoms with Crippen LogP contribution in [0.4, 0.5) is 5.95 Å². The van der Waals surface area contributed by atoms with Crippen LogP contribution in [0.25, 0.3) is 0 Å². The van der Waals surface area contributed by atoms with E-state index in [0.29, 0.717) is 5.96 Å². The molecular formula is C16H26IN7. The summed E-state index contributed by atoms with van der Waals surface area (Å²) >= 11 is 0. The van der Waals surface area contributed by atoms with Gasteiger partial charge in [-0.2, -0.15) is 0 Å². The minimum absolute atomic E-state index is 0. The van der Waals surface area contributed by atoms with Gasteiger partial charge in [-0.15, -0.1) is 24.0 Å². The minimum atomic E-state index is 0. The van der Waals surface area contributed by atoms with Crippen molar-refractivity contribution in [2.75, 3.05) is 57.3 Å². The van der Waals surface area contributed by atoms with E-state index in [-0.39, 0.29) is 24.0 Å². The Balaban J connectivity index is 0.00000208. The van der Waals surface area contributed by atoms with Gasteiger partial charge in [0.2, 0.25) is 5.95 Å². The lowest BCUT2D eigenvalue weighted by molar-refractivity contribution is 0.306. The third-order valence-corrected chi connectivity index (χ3v) is 4.27. The van der Waals surface area contributed by atoms with E-state index in [1.807, 2.05) is 6.07 Å². The number of guanidine groups is 1. The molecule has 0 amide bonds. The smallest absolute Gasteiger partial charge is 0.225 e. The van der Waals surface area contributed by atoms with Crippen LogP contribution in [0.3, 0.4) is 0 Å². The molecule has 0 saturated carbocycles. The molecule has 0 bridgehead atoms. The Hall–Kier alpha value is -1.42. The lowest BCUT2D eigenvalue weighted by Crippen LogP contribution is -2.51. The molecule has 8 heteroatoms. The second-order valence-electron chi connectivity index (χ2n) is 5.82. The fourth-order valence-electron chi connectivity index (χ4n) is 2.89. The van der Waals surface area contributed by atoms with Crippen LogP contribution in [-0.2, 0) is 0 Å². The van der Waals surface area contributed by atoms with Gasteiger partial charge < -0.3 is 15.5 Å². The molecule has 7 nitrogen and oxygen atoms in total. The lowest BCUT2D eigenvalue weighted by atomic mass is 10.2. The Morgan fingerprint density at radius 1 is 1.08 bits per heavy atom. The maximum atomic E-state index is 6.14. The van der Waals surface area contributed by atoms with Crippen LogP contribution < -0.4 is 10.6 Å². The topological polar surface area (TPSA) is 73.9 Å². The summed E-state index contributed by atoms with van der Waals surface area (Å²) in [5.41, 5.74) is 6.14. The largest absolute Gasteiger partial charge is 0.370 e. The molecule has 1 aromatic rings. The molecule has 1 saturated heterocycles. The van der Waals surface area contributed by atoms with Crippen LogP contribution in [-0.4, -0.2) is 78.1 Å². The second kappa shape index (κ2) is 9.77. The molecule has 1 fully saturated rings. The fourth-order valence-corrected chi connectivity index (χ4v) is 2.89. The highest BCUT2D eigenvalue weighted by Gasteiger charge is 2.19. The first kappa shape index (κ1) is 18.9. The number of hydrogen-bond acceptors (Lipinski definition) is 5. The van der Waals surface area contributed by atoms with Crippen LogP contribution in [0.1, 0.15) is 6.42 Å². The molecule has 2 aliphatic heterocycles. The number of halogens is 1. The Kier molecular flexibility index (Phi) is 7.70. The fraction of sp³-hybridized carbons (Fsp3) is 0.562. The van der Waals surface area contributed by atoms with Crippen molar-refractivity contribution in [3.8, 4) is 0 Å². The van der Waals surface area contributed by atoms with Gasteiger partial charge in [0.15, 0.2) is 5.96 Å². The van der Waals surface area contributed by atoms with Crippen LogP contribution >= 0.6 is 24.0 Å². The van der Waals surface area contributed by atoms with E-state index < -0.39 is 0 Å². The molecule has 2 N–H and O–H groups in total. The molecule has 0 aromatic carbocycles. The summed E-state index contributed by atoms with van der Waals surface area (Å²) in [6.45, 7) is 7.37. The monoisotopic (exact) mass is 443 g/mol. The van der Waals surface area contributed by atoms with Gasteiger partial charge in [0.1, 0.15) is 0 Å². The van der Waals surface area contributed by atoms with Crippen molar-refractivity contribution < 1.29 is 0 Å². The minimum Gasteiger partial charge on any atom is -0.370 e. The molecule has 2 aliphatic rings. The first-order chi connectivity index (χ1) is 11.3. The quantitative estimate of drug-likeness (QED) is 0.321. The van der Waals surface area contributed by atoms with Crippen LogP contribution in [0, 0.1) is 0 Å². The van der Waals surface area contributed by atoms with Gasteiger partial charge in [-0.1, -0.05) is 12.2 Å². The summed E-state index contributed by atoms with van der Waals surface area (Å²) in [5, 5.41) is 0. The summed E-state index contributed by atoms with van der Waals surface area (Å²) < 4.78 is 0. The number of nitrogens with zero attached hydrogens (tertiary/aromatic N) is 6. The zero-order valence-corrected chi connectivity index (χ0v) is 16.2. The number of piperazine rings is 1. The highest BCUT2D eigenvalue weighted by molar-refractivity contribution is 14.0. The summed E-state index contributed by atoms with van der Waals surface area (Å²) in [4.78, 5) is 19.9. The van der Waals surface area contributed by atoms with Crippen molar-refractivity contribution in [1.29, 1.82) is 0 Å². The molecule has 0 atom stereocenters. The standard InChI is InChI=1S/C16H25N7.HI/c17-15(18-7-10-21-8-2-1-3-9-21)22-11-13-23(14-12-22)16-19-5-4-6-20-16;/h1-2,4-6H,3,7-14H2,(H2,17,18);1H. The number of rotatable bonds is 4. The predicted molar refractivity (Wildman–Crippen MR) is 108 cm³/mol. The summed E-state index contributed by atoms with van der Waals surface area (Å²) in [5.74, 6) is 1.45. The number of hydrogen-bond donors (Lipinski definition) is 1. The molecule has 3 rings (SSSR count). The predicted octanol–water partition coefficient (Wildman–Crippen LogP) is 0.793. The number of anilines is 1. The van der Waals surface area contributed by atoms with Crippen molar-refractivity contribution in [3.63, 3.8) is 0 Å². The molecule has 1 aromatic heterocycles. The molecule has 3 heterocycles. The average Bonchev–Trinajstić information content (AvgIpc) is 2.63. The molecule has 0 radical (unpaired) electrons. The summed E-state index contributed by atoms with van der Waals surface area (Å²) in [6.07, 6.45) is 9.16. The first-order valence-corrected chi connectivity index (χ1v) is 8.27. The van der Waals surface area contributed by atoms with Crippen molar-refractivity contribution in [3.05, 3.63) is 30.6 Å². The zero-order chi connectivity index (χ0) is 15.9. The summed E-state index contributed by atoms with van der Waals surface area (Å²) in [6, 6.07) is 1.84. The lowest BCUT2D eigenvalue weighted by Gasteiger charge is -2.35. The summed E-state index contributed by atoms with van der Waals surface area (Å²) in [7, 11) is 0. The van der Waals surface area contributed by atoms with E-state index in [9.17, 15) is 0 Å². The maximum Gasteiger partial charge on any atom is 0.225 e. The first-order valence-electron chi connectivity index (χ1n) is 8.27. The molecule has 0 spiro atoms. The molecule has 24 heavy (non-hydrogen) atoms. The van der Waals surface area contributed by atoms with Crippen LogP contribution in [0.5, 0.6) is 0 Å². The Labute approximate surface area is 160 Å². The highest BCUT2D eigenvalue weighted by atomic mass is 127. The van der Waals surface area contributed by atoms with E-state index >= 15 is 0 Å². The average molecular weight is 443 g/mol. The second-order valence-corrected chi connectivity index (χ2v) is 5.82. The Bertz CT molecular complexity index is 541. The SMILES string of the molecule is I.NC(=NCCN1CC=CCC1)N1CCN(c2ncccn2)CC1. The van der Waals surface area contributed by atoms with E-state index in [1.54, 1.807) is 12.4 Å². The van der Waals surface area contributed by atoms with Gasteiger partial charge in [-0.25, -0.2) is 9.97 Å². The number of nitrogens with two attached hydrogens (primary N) is 1. The van der Waals surface area contributed by atoms with E-state index in [0.717, 1.165) is 64.7 Å². The van der Waals surface area contributed by atoms with E-state index in [1.165, 1.54) is 0 Å². The zero-order valence-electron chi connectivity index (χ0n) is 13.9. The van der Waals surface area contributed by atoms with Crippen molar-refractivity contribution in [2.45, 2.75) is 6.42 Å². The Morgan fingerprint density at radius 3 is 2.50 bits per heavy atom. The van der Waals surface area contributed by atoms with Gasteiger partial charge in [-0.05, 0) is 12.5 Å². The van der Waals surface area contributed by atoms with Gasteiger partial charge in [0.05, 0.1) is 6.54 Å². The van der Waals surface area contributed by atoms with E-state index in [4.69, 9.17) is 5.73 Å². The number of aliphatic imine (C=N–C) groups is 1. The van der Waals surface area contributed by atoms with Gasteiger partial charge >= 0.3 is 0 Å². The van der Waals surface area contributed by atoms with Crippen molar-refractivity contribution in [1.82, 2.24) is 19.8 Å². The Morgan fingerprint density at radius 2 is 1.83 bits per heavy atom. The maximum absolute atomic E-state index is 6.14. The third-order valence-electron chi connectivity index (χ3n) is 4.27. The van der Waals surface area contributed by atoms with E-state index in [2.05, 4.69) is 41.8 Å². The molecule has 0 unspecified atom stereocenters. The van der Waals surface area contributed by atoms with Gasteiger partial charge in [0, 0.05) is 58.2 Å². The van der Waals surface area contributed by atoms with Gasteiger partial charge in [0.25, 0.3) is 0 Å². The normalized spacial score (nSPS) is 19.2. The molecular weight excluding hydrogens is 417 g/mol. The third kappa shape index (κ3) is 5.30.